The zero-order chi connectivity index (χ0) is 20.7. The van der Waals surface area contributed by atoms with Crippen molar-refractivity contribution in [1.82, 2.24) is 0 Å². The summed E-state index contributed by atoms with van der Waals surface area (Å²) < 4.78 is 6.11. The van der Waals surface area contributed by atoms with Crippen LogP contribution in [-0.4, -0.2) is 17.9 Å². The van der Waals surface area contributed by atoms with Crippen LogP contribution in [0.3, 0.4) is 0 Å². The zero-order valence-corrected chi connectivity index (χ0v) is 18.1. The molecule has 3 nitrogen and oxygen atoms in total. The number of aryl methyl sites for hydroxylation is 1. The van der Waals surface area contributed by atoms with Crippen molar-refractivity contribution in [3.8, 4) is 0 Å². The summed E-state index contributed by atoms with van der Waals surface area (Å²) in [5.41, 5.74) is 2.77. The van der Waals surface area contributed by atoms with Crippen LogP contribution in [0.5, 0.6) is 0 Å². The summed E-state index contributed by atoms with van der Waals surface area (Å²) in [6.45, 7) is 2.39. The van der Waals surface area contributed by atoms with Crippen molar-refractivity contribution >= 4 is 11.8 Å². The SMILES string of the molecule is C[C@]12CC[C@H]3[C@H](CCC4=CC(=O)CC[C@H]43)[C@H]1CC[C@@H]2OC(=O)CCc1ccccc1. The lowest BCUT2D eigenvalue weighted by molar-refractivity contribution is -0.158. The standard InChI is InChI=1S/C27H34O3/c1-27-16-15-22-21-11-9-20(28)17-19(21)8-10-23(22)24(27)12-13-25(27)30-26(29)14-7-18-5-3-2-4-6-18/h2-6,17,21-25H,7-16H2,1H3/t21-,22-,23+,24-,25+,27+/m1/s1. The van der Waals surface area contributed by atoms with Crippen LogP contribution in [0.15, 0.2) is 42.0 Å². The highest BCUT2D eigenvalue weighted by Crippen LogP contribution is 2.62. The van der Waals surface area contributed by atoms with Crippen LogP contribution in [0.1, 0.15) is 70.3 Å². The molecule has 3 saturated carbocycles. The maximum Gasteiger partial charge on any atom is 0.306 e. The van der Waals surface area contributed by atoms with Crippen LogP contribution >= 0.6 is 0 Å². The fourth-order valence-electron chi connectivity index (χ4n) is 7.43. The first-order chi connectivity index (χ1) is 14.5. The molecule has 4 aliphatic rings. The smallest absolute Gasteiger partial charge is 0.306 e. The van der Waals surface area contributed by atoms with E-state index in [2.05, 4.69) is 19.1 Å². The Morgan fingerprint density at radius 2 is 1.87 bits per heavy atom. The van der Waals surface area contributed by atoms with Gasteiger partial charge in [0.25, 0.3) is 0 Å². The molecule has 1 aromatic carbocycles. The van der Waals surface area contributed by atoms with Crippen LogP contribution in [-0.2, 0) is 20.7 Å². The van der Waals surface area contributed by atoms with E-state index in [4.69, 9.17) is 4.74 Å². The van der Waals surface area contributed by atoms with Gasteiger partial charge in [0.05, 0.1) is 0 Å². The fourth-order valence-corrected chi connectivity index (χ4v) is 7.43. The topological polar surface area (TPSA) is 43.4 Å². The molecule has 0 amide bonds. The summed E-state index contributed by atoms with van der Waals surface area (Å²) in [5, 5.41) is 0. The van der Waals surface area contributed by atoms with E-state index in [-0.39, 0.29) is 17.5 Å². The first-order valence-corrected chi connectivity index (χ1v) is 12.0. The molecule has 160 valence electrons. The normalized spacial score (nSPS) is 37.6. The molecule has 0 radical (unpaired) electrons. The Morgan fingerprint density at radius 1 is 1.03 bits per heavy atom. The molecule has 3 fully saturated rings. The molecule has 3 heteroatoms. The number of carbonyl (C=O) groups is 2. The minimum absolute atomic E-state index is 0.0347. The monoisotopic (exact) mass is 406 g/mol. The van der Waals surface area contributed by atoms with E-state index in [0.29, 0.717) is 24.0 Å². The van der Waals surface area contributed by atoms with Crippen molar-refractivity contribution in [2.45, 2.75) is 77.2 Å². The largest absolute Gasteiger partial charge is 0.462 e. The number of carbonyl (C=O) groups excluding carboxylic acids is 2. The summed E-state index contributed by atoms with van der Waals surface area (Å²) >= 11 is 0. The molecule has 0 saturated heterocycles. The second-order valence-corrected chi connectivity index (χ2v) is 10.4. The summed E-state index contributed by atoms with van der Waals surface area (Å²) in [6.07, 6.45) is 12.0. The summed E-state index contributed by atoms with van der Waals surface area (Å²) in [4.78, 5) is 24.5. The van der Waals surface area contributed by atoms with E-state index in [0.717, 1.165) is 50.4 Å². The quantitative estimate of drug-likeness (QED) is 0.605. The average Bonchev–Trinajstić information content (AvgIpc) is 3.09. The number of benzene rings is 1. The van der Waals surface area contributed by atoms with E-state index in [1.807, 2.05) is 24.3 Å². The van der Waals surface area contributed by atoms with Crippen molar-refractivity contribution in [2.75, 3.05) is 0 Å². The number of allylic oxidation sites excluding steroid dienone is 1. The highest BCUT2D eigenvalue weighted by molar-refractivity contribution is 5.91. The molecule has 0 spiro atoms. The molecule has 4 aliphatic carbocycles. The molecule has 0 N–H and O–H groups in total. The second kappa shape index (κ2) is 7.98. The number of esters is 1. The third kappa shape index (κ3) is 3.55. The third-order valence-electron chi connectivity index (χ3n) is 8.95. The highest BCUT2D eigenvalue weighted by atomic mass is 16.5. The lowest BCUT2D eigenvalue weighted by Crippen LogP contribution is -2.48. The number of fused-ring (bicyclic) bond motifs is 5. The molecule has 5 rings (SSSR count). The van der Waals surface area contributed by atoms with E-state index in [9.17, 15) is 9.59 Å². The molecule has 1 aromatic rings. The van der Waals surface area contributed by atoms with E-state index in [1.54, 1.807) is 0 Å². The van der Waals surface area contributed by atoms with Gasteiger partial charge in [0.1, 0.15) is 6.10 Å². The van der Waals surface area contributed by atoms with E-state index in [1.165, 1.54) is 30.4 Å². The summed E-state index contributed by atoms with van der Waals surface area (Å²) in [6, 6.07) is 10.2. The molecule has 0 bridgehead atoms. The molecule has 0 aromatic heterocycles. The van der Waals surface area contributed by atoms with Crippen molar-refractivity contribution in [1.29, 1.82) is 0 Å². The van der Waals surface area contributed by atoms with E-state index >= 15 is 0 Å². The maximum atomic E-state index is 12.6. The van der Waals surface area contributed by atoms with Crippen LogP contribution in [0.2, 0.25) is 0 Å². The van der Waals surface area contributed by atoms with Gasteiger partial charge in [-0.25, -0.2) is 0 Å². The Hall–Kier alpha value is -1.90. The second-order valence-electron chi connectivity index (χ2n) is 10.4. The molecular formula is C27H34O3. The van der Waals surface area contributed by atoms with Crippen LogP contribution in [0.25, 0.3) is 0 Å². The van der Waals surface area contributed by atoms with Gasteiger partial charge < -0.3 is 4.74 Å². The van der Waals surface area contributed by atoms with Crippen molar-refractivity contribution < 1.29 is 14.3 Å². The molecule has 30 heavy (non-hydrogen) atoms. The predicted molar refractivity (Wildman–Crippen MR) is 117 cm³/mol. The number of rotatable bonds is 4. The number of ether oxygens (including phenoxy) is 1. The Kier molecular flexibility index (Phi) is 5.33. The Balaban J connectivity index is 1.23. The van der Waals surface area contributed by atoms with Gasteiger partial charge in [0.2, 0.25) is 0 Å². The minimum atomic E-state index is -0.0347. The van der Waals surface area contributed by atoms with Crippen LogP contribution < -0.4 is 0 Å². The van der Waals surface area contributed by atoms with Crippen LogP contribution in [0.4, 0.5) is 0 Å². The van der Waals surface area contributed by atoms with Gasteiger partial charge in [0, 0.05) is 18.3 Å². The van der Waals surface area contributed by atoms with Gasteiger partial charge >= 0.3 is 5.97 Å². The predicted octanol–water partition coefficient (Wildman–Crippen LogP) is 5.67. The van der Waals surface area contributed by atoms with Gasteiger partial charge in [-0.2, -0.15) is 0 Å². The van der Waals surface area contributed by atoms with Gasteiger partial charge in [-0.1, -0.05) is 42.8 Å². The van der Waals surface area contributed by atoms with Crippen molar-refractivity contribution in [2.24, 2.45) is 29.1 Å². The van der Waals surface area contributed by atoms with E-state index < -0.39 is 0 Å². The maximum absolute atomic E-state index is 12.6. The molecule has 0 unspecified atom stereocenters. The minimum Gasteiger partial charge on any atom is -0.462 e. The van der Waals surface area contributed by atoms with Crippen LogP contribution in [0, 0.1) is 29.1 Å². The Morgan fingerprint density at radius 3 is 2.70 bits per heavy atom. The number of hydrogen-bond donors (Lipinski definition) is 0. The Labute approximate surface area is 180 Å². The number of ketones is 1. The van der Waals surface area contributed by atoms with Gasteiger partial charge in [0.15, 0.2) is 5.78 Å². The summed E-state index contributed by atoms with van der Waals surface area (Å²) in [5.74, 6) is 3.09. The first-order valence-electron chi connectivity index (χ1n) is 12.0. The zero-order valence-electron chi connectivity index (χ0n) is 18.1. The summed E-state index contributed by atoms with van der Waals surface area (Å²) in [7, 11) is 0. The van der Waals surface area contributed by atoms with Gasteiger partial charge in [-0.15, -0.1) is 0 Å². The lowest BCUT2D eigenvalue weighted by Gasteiger charge is -2.53. The Bertz CT molecular complexity index is 841. The molecule has 0 aliphatic heterocycles. The first kappa shape index (κ1) is 20.0. The van der Waals surface area contributed by atoms with Gasteiger partial charge in [-0.3, -0.25) is 9.59 Å². The lowest BCUT2D eigenvalue weighted by atomic mass is 9.52. The molecule has 6 atom stereocenters. The third-order valence-corrected chi connectivity index (χ3v) is 8.95. The average molecular weight is 407 g/mol. The fraction of sp³-hybridized carbons (Fsp3) is 0.630. The molecular weight excluding hydrogens is 372 g/mol. The van der Waals surface area contributed by atoms with Crippen molar-refractivity contribution in [3.63, 3.8) is 0 Å². The number of hydrogen-bond acceptors (Lipinski definition) is 3. The molecule has 0 heterocycles. The van der Waals surface area contributed by atoms with Crippen molar-refractivity contribution in [3.05, 3.63) is 47.5 Å². The van der Waals surface area contributed by atoms with Gasteiger partial charge in [-0.05, 0) is 86.7 Å². The highest BCUT2D eigenvalue weighted by Gasteiger charge is 2.57.